The van der Waals surface area contributed by atoms with Crippen molar-refractivity contribution in [1.82, 2.24) is 19.4 Å². The van der Waals surface area contributed by atoms with E-state index in [1.807, 2.05) is 40.9 Å². The Bertz CT molecular complexity index is 1560. The minimum Gasteiger partial charge on any atom is -0.398 e. The Labute approximate surface area is 203 Å². The second-order valence-corrected chi connectivity index (χ2v) is 8.09. The zero-order valence-electron chi connectivity index (χ0n) is 18.7. The first-order chi connectivity index (χ1) is 17.3. The molecule has 0 saturated carbocycles. The Morgan fingerprint density at radius 1 is 0.917 bits per heavy atom. The quantitative estimate of drug-likeness (QED) is 0.330. The molecule has 7 nitrogen and oxygen atoms in total. The van der Waals surface area contributed by atoms with Gasteiger partial charge in [-0.1, -0.05) is 12.1 Å². The summed E-state index contributed by atoms with van der Waals surface area (Å²) in [4.78, 5) is 24.8. The minimum absolute atomic E-state index is 0.119. The SMILES string of the molecule is Nc1cc(-c2cnc3cc(-c4ccncc4)ccn23)ccc1CC(=O)Nc1cc(C(F)(F)F)ccn1. The second-order valence-electron chi connectivity index (χ2n) is 8.09. The Hall–Kier alpha value is -4.73. The van der Waals surface area contributed by atoms with Gasteiger partial charge in [0.05, 0.1) is 23.9 Å². The van der Waals surface area contributed by atoms with Crippen molar-refractivity contribution >= 4 is 23.1 Å². The normalized spacial score (nSPS) is 11.5. The standard InChI is InChI=1S/C26H19F3N6O/c27-26(28,29)20-5-9-32-23(14-20)34-25(36)13-18-1-2-19(11-21(18)30)22-15-33-24-12-17(6-10-35(22)24)16-3-7-31-8-4-16/h1-12,14-15H,13,30H2,(H,32,34,36). The van der Waals surface area contributed by atoms with Crippen LogP contribution in [0.2, 0.25) is 0 Å². The number of alkyl halides is 3. The summed E-state index contributed by atoms with van der Waals surface area (Å²) >= 11 is 0. The Morgan fingerprint density at radius 3 is 2.47 bits per heavy atom. The van der Waals surface area contributed by atoms with E-state index in [0.29, 0.717) is 11.3 Å². The van der Waals surface area contributed by atoms with Gasteiger partial charge in [0.15, 0.2) is 0 Å². The lowest BCUT2D eigenvalue weighted by Gasteiger charge is -2.11. The number of hydrogen-bond acceptors (Lipinski definition) is 5. The molecule has 0 unspecified atom stereocenters. The van der Waals surface area contributed by atoms with Gasteiger partial charge >= 0.3 is 6.18 Å². The number of fused-ring (bicyclic) bond motifs is 1. The van der Waals surface area contributed by atoms with E-state index in [-0.39, 0.29) is 12.2 Å². The van der Waals surface area contributed by atoms with Gasteiger partial charge in [-0.15, -0.1) is 0 Å². The van der Waals surface area contributed by atoms with Gasteiger partial charge in [-0.3, -0.25) is 14.2 Å². The number of nitrogens with one attached hydrogen (secondary N) is 1. The van der Waals surface area contributed by atoms with Crippen LogP contribution in [-0.2, 0) is 17.4 Å². The van der Waals surface area contributed by atoms with Gasteiger partial charge in [-0.25, -0.2) is 9.97 Å². The molecule has 1 amide bonds. The number of carbonyl (C=O) groups is 1. The first kappa shape index (κ1) is 23.0. The molecule has 0 radical (unpaired) electrons. The number of carbonyl (C=O) groups excluding carboxylic acids is 1. The number of hydrogen-bond donors (Lipinski definition) is 2. The first-order valence-corrected chi connectivity index (χ1v) is 10.9. The number of rotatable bonds is 5. The first-order valence-electron chi connectivity index (χ1n) is 10.9. The van der Waals surface area contributed by atoms with Gasteiger partial charge in [0.1, 0.15) is 11.5 Å². The maximum atomic E-state index is 12.9. The van der Waals surface area contributed by atoms with Crippen molar-refractivity contribution in [3.63, 3.8) is 0 Å². The van der Waals surface area contributed by atoms with Crippen LogP contribution in [0.1, 0.15) is 11.1 Å². The highest BCUT2D eigenvalue weighted by molar-refractivity contribution is 5.92. The topological polar surface area (TPSA) is 98.2 Å². The van der Waals surface area contributed by atoms with Crippen LogP contribution < -0.4 is 11.1 Å². The van der Waals surface area contributed by atoms with E-state index in [0.717, 1.165) is 46.4 Å². The lowest BCUT2D eigenvalue weighted by atomic mass is 10.0. The number of benzene rings is 1. The van der Waals surface area contributed by atoms with Crippen LogP contribution in [0.15, 0.2) is 85.6 Å². The summed E-state index contributed by atoms with van der Waals surface area (Å²) in [6.07, 6.45) is 3.48. The number of aromatic nitrogens is 4. The predicted octanol–water partition coefficient (Wildman–Crippen LogP) is 5.24. The van der Waals surface area contributed by atoms with Crippen molar-refractivity contribution in [3.8, 4) is 22.4 Å². The molecule has 4 aromatic heterocycles. The van der Waals surface area contributed by atoms with Gasteiger partial charge in [0, 0.05) is 36.0 Å². The largest absolute Gasteiger partial charge is 0.416 e. The molecule has 10 heteroatoms. The highest BCUT2D eigenvalue weighted by Crippen LogP contribution is 2.30. The van der Waals surface area contributed by atoms with Crippen molar-refractivity contribution in [2.75, 3.05) is 11.1 Å². The van der Waals surface area contributed by atoms with Crippen molar-refractivity contribution < 1.29 is 18.0 Å². The van der Waals surface area contributed by atoms with Gasteiger partial charge in [-0.2, -0.15) is 13.2 Å². The maximum absolute atomic E-state index is 12.9. The van der Waals surface area contributed by atoms with Crippen LogP contribution in [0.5, 0.6) is 0 Å². The predicted molar refractivity (Wildman–Crippen MR) is 130 cm³/mol. The Kier molecular flexibility index (Phi) is 5.85. The summed E-state index contributed by atoms with van der Waals surface area (Å²) in [6.45, 7) is 0. The number of pyridine rings is 3. The van der Waals surface area contributed by atoms with Crippen LogP contribution in [0.4, 0.5) is 24.7 Å². The molecule has 0 aliphatic heterocycles. The molecule has 0 bridgehead atoms. The van der Waals surface area contributed by atoms with Crippen molar-refractivity contribution in [3.05, 3.63) is 96.7 Å². The lowest BCUT2D eigenvalue weighted by molar-refractivity contribution is -0.137. The third-order valence-corrected chi connectivity index (χ3v) is 5.67. The fraction of sp³-hybridized carbons (Fsp3) is 0.0769. The molecule has 4 heterocycles. The van der Waals surface area contributed by atoms with Gasteiger partial charge in [-0.05, 0) is 59.2 Å². The zero-order valence-corrected chi connectivity index (χ0v) is 18.7. The molecule has 0 atom stereocenters. The third kappa shape index (κ3) is 4.74. The highest BCUT2D eigenvalue weighted by atomic mass is 19.4. The third-order valence-electron chi connectivity index (χ3n) is 5.67. The van der Waals surface area contributed by atoms with E-state index in [9.17, 15) is 18.0 Å². The molecule has 5 aromatic rings. The van der Waals surface area contributed by atoms with E-state index in [4.69, 9.17) is 5.73 Å². The van der Waals surface area contributed by atoms with Gasteiger partial charge in [0.2, 0.25) is 5.91 Å². The summed E-state index contributed by atoms with van der Waals surface area (Å²) in [5.74, 6) is -0.707. The lowest BCUT2D eigenvalue weighted by Crippen LogP contribution is -2.17. The fourth-order valence-electron chi connectivity index (χ4n) is 3.87. The molecular weight excluding hydrogens is 469 g/mol. The number of nitrogens with zero attached hydrogens (tertiary/aromatic N) is 4. The van der Waals surface area contributed by atoms with Crippen molar-refractivity contribution in [1.29, 1.82) is 0 Å². The second kappa shape index (κ2) is 9.14. The van der Waals surface area contributed by atoms with E-state index in [1.54, 1.807) is 30.7 Å². The van der Waals surface area contributed by atoms with Crippen LogP contribution in [-0.4, -0.2) is 25.3 Å². The number of nitrogens with two attached hydrogens (primary N) is 1. The molecule has 3 N–H and O–H groups in total. The number of anilines is 2. The summed E-state index contributed by atoms with van der Waals surface area (Å²) in [5.41, 5.74) is 10.7. The number of halogens is 3. The smallest absolute Gasteiger partial charge is 0.398 e. The van der Waals surface area contributed by atoms with E-state index in [2.05, 4.69) is 20.3 Å². The van der Waals surface area contributed by atoms with Crippen LogP contribution >= 0.6 is 0 Å². The molecule has 5 rings (SSSR count). The molecular formula is C26H19F3N6O. The zero-order chi connectivity index (χ0) is 25.3. The van der Waals surface area contributed by atoms with Gasteiger partial charge < -0.3 is 11.1 Å². The van der Waals surface area contributed by atoms with Crippen LogP contribution in [0, 0.1) is 0 Å². The number of imidazole rings is 1. The van der Waals surface area contributed by atoms with Crippen molar-refractivity contribution in [2.24, 2.45) is 0 Å². The highest BCUT2D eigenvalue weighted by Gasteiger charge is 2.30. The van der Waals surface area contributed by atoms with E-state index < -0.39 is 17.6 Å². The summed E-state index contributed by atoms with van der Waals surface area (Å²) in [5, 5.41) is 2.39. The molecule has 0 saturated heterocycles. The molecule has 36 heavy (non-hydrogen) atoms. The average Bonchev–Trinajstić information content (AvgIpc) is 3.29. The summed E-state index contributed by atoms with van der Waals surface area (Å²) < 4.78 is 40.6. The summed E-state index contributed by atoms with van der Waals surface area (Å²) in [7, 11) is 0. The van der Waals surface area contributed by atoms with E-state index in [1.165, 1.54) is 0 Å². The molecule has 0 spiro atoms. The van der Waals surface area contributed by atoms with E-state index >= 15 is 0 Å². The number of nitrogen functional groups attached to an aromatic ring is 1. The van der Waals surface area contributed by atoms with Gasteiger partial charge in [0.25, 0.3) is 0 Å². The Morgan fingerprint density at radius 2 is 1.72 bits per heavy atom. The van der Waals surface area contributed by atoms with Crippen LogP contribution in [0.3, 0.4) is 0 Å². The molecule has 180 valence electrons. The molecule has 0 aliphatic rings. The van der Waals surface area contributed by atoms with Crippen molar-refractivity contribution in [2.45, 2.75) is 12.6 Å². The Balaban J connectivity index is 1.34. The monoisotopic (exact) mass is 488 g/mol. The fourth-order valence-corrected chi connectivity index (χ4v) is 3.87. The molecule has 1 aromatic carbocycles. The molecule has 0 fully saturated rings. The molecule has 0 aliphatic carbocycles. The van der Waals surface area contributed by atoms with Crippen LogP contribution in [0.25, 0.3) is 28.0 Å². The average molecular weight is 488 g/mol. The minimum atomic E-state index is -4.53. The number of amides is 1. The summed E-state index contributed by atoms with van der Waals surface area (Å²) in [6, 6.07) is 14.7. The maximum Gasteiger partial charge on any atom is 0.416 e.